The molecule has 0 fully saturated rings. The molecule has 0 aliphatic heterocycles. The van der Waals surface area contributed by atoms with Gasteiger partial charge in [-0.05, 0) is 43.2 Å². The van der Waals surface area contributed by atoms with Gasteiger partial charge >= 0.3 is 0 Å². The monoisotopic (exact) mass is 291 g/mol. The van der Waals surface area contributed by atoms with Gasteiger partial charge in [-0.2, -0.15) is 0 Å². The maximum atomic E-state index is 5.65. The molecule has 88 valence electrons. The lowest BCUT2D eigenvalue weighted by molar-refractivity contribution is 1.31. The van der Waals surface area contributed by atoms with Gasteiger partial charge in [0.05, 0.1) is 0 Å². The SMILES string of the molecule is Cc1cc(Br)cc(C)c1Nc1ccnc(N)c1. The number of aryl methyl sites for hydroxylation is 2. The first-order valence-electron chi connectivity index (χ1n) is 5.31. The van der Waals surface area contributed by atoms with Gasteiger partial charge in [-0.3, -0.25) is 0 Å². The molecule has 3 N–H and O–H groups in total. The van der Waals surface area contributed by atoms with Crippen molar-refractivity contribution in [1.29, 1.82) is 0 Å². The minimum atomic E-state index is 0.516. The zero-order chi connectivity index (χ0) is 12.4. The van der Waals surface area contributed by atoms with Crippen molar-refractivity contribution in [2.45, 2.75) is 13.8 Å². The van der Waals surface area contributed by atoms with Crippen LogP contribution in [0.4, 0.5) is 17.2 Å². The molecule has 0 radical (unpaired) electrons. The number of nitrogen functional groups attached to an aromatic ring is 1. The molecule has 1 aromatic carbocycles. The van der Waals surface area contributed by atoms with E-state index in [9.17, 15) is 0 Å². The Kier molecular flexibility index (Phi) is 3.33. The first-order valence-corrected chi connectivity index (χ1v) is 6.11. The molecule has 1 aromatic heterocycles. The van der Waals surface area contributed by atoms with Crippen LogP contribution in [-0.2, 0) is 0 Å². The van der Waals surface area contributed by atoms with E-state index in [2.05, 4.69) is 52.2 Å². The molecule has 0 saturated carbocycles. The Morgan fingerprint density at radius 2 is 1.82 bits per heavy atom. The quantitative estimate of drug-likeness (QED) is 0.885. The van der Waals surface area contributed by atoms with Crippen LogP contribution < -0.4 is 11.1 Å². The third-order valence-electron chi connectivity index (χ3n) is 2.55. The van der Waals surface area contributed by atoms with E-state index < -0.39 is 0 Å². The topological polar surface area (TPSA) is 50.9 Å². The van der Waals surface area contributed by atoms with Gasteiger partial charge in [0.2, 0.25) is 0 Å². The van der Waals surface area contributed by atoms with Gasteiger partial charge < -0.3 is 11.1 Å². The number of aromatic nitrogens is 1. The molecule has 4 heteroatoms. The normalized spacial score (nSPS) is 10.3. The summed E-state index contributed by atoms with van der Waals surface area (Å²) in [4.78, 5) is 3.97. The van der Waals surface area contributed by atoms with Gasteiger partial charge in [0.1, 0.15) is 5.82 Å². The average Bonchev–Trinajstić information content (AvgIpc) is 2.23. The van der Waals surface area contributed by atoms with Crippen molar-refractivity contribution in [2.24, 2.45) is 0 Å². The Hall–Kier alpha value is -1.55. The van der Waals surface area contributed by atoms with Crippen LogP contribution in [0.1, 0.15) is 11.1 Å². The first-order chi connectivity index (χ1) is 8.06. The van der Waals surface area contributed by atoms with E-state index in [4.69, 9.17) is 5.73 Å². The van der Waals surface area contributed by atoms with Gasteiger partial charge in [0, 0.05) is 28.1 Å². The van der Waals surface area contributed by atoms with E-state index in [1.807, 2.05) is 12.1 Å². The molecule has 17 heavy (non-hydrogen) atoms. The number of hydrogen-bond acceptors (Lipinski definition) is 3. The van der Waals surface area contributed by atoms with E-state index >= 15 is 0 Å². The number of halogens is 1. The molecule has 0 amide bonds. The number of benzene rings is 1. The molecule has 2 aromatic rings. The molecular weight excluding hydrogens is 278 g/mol. The Labute approximate surface area is 109 Å². The number of nitrogens with one attached hydrogen (secondary N) is 1. The molecule has 0 spiro atoms. The van der Waals surface area contributed by atoms with E-state index in [-0.39, 0.29) is 0 Å². The highest BCUT2D eigenvalue weighted by Gasteiger charge is 2.04. The van der Waals surface area contributed by atoms with Crippen LogP contribution in [0, 0.1) is 13.8 Å². The zero-order valence-electron chi connectivity index (χ0n) is 9.79. The Morgan fingerprint density at radius 3 is 2.41 bits per heavy atom. The van der Waals surface area contributed by atoms with Gasteiger partial charge in [0.25, 0.3) is 0 Å². The van der Waals surface area contributed by atoms with E-state index in [1.54, 1.807) is 6.20 Å². The van der Waals surface area contributed by atoms with Crippen LogP contribution in [0.3, 0.4) is 0 Å². The fourth-order valence-electron chi connectivity index (χ4n) is 1.78. The van der Waals surface area contributed by atoms with Crippen LogP contribution in [0.5, 0.6) is 0 Å². The first kappa shape index (κ1) is 11.9. The van der Waals surface area contributed by atoms with Crippen molar-refractivity contribution in [2.75, 3.05) is 11.1 Å². The minimum absolute atomic E-state index is 0.516. The van der Waals surface area contributed by atoms with Crippen LogP contribution in [0.15, 0.2) is 34.9 Å². The summed E-state index contributed by atoms with van der Waals surface area (Å²) in [5.74, 6) is 0.516. The lowest BCUT2D eigenvalue weighted by Crippen LogP contribution is -1.98. The van der Waals surface area contributed by atoms with Gasteiger partial charge in [-0.1, -0.05) is 15.9 Å². The summed E-state index contributed by atoms with van der Waals surface area (Å²) in [7, 11) is 0. The lowest BCUT2D eigenvalue weighted by atomic mass is 10.1. The number of nitrogens with two attached hydrogens (primary N) is 1. The molecular formula is C13H14BrN3. The number of anilines is 3. The summed E-state index contributed by atoms with van der Waals surface area (Å²) < 4.78 is 1.09. The smallest absolute Gasteiger partial charge is 0.125 e. The molecule has 3 nitrogen and oxygen atoms in total. The highest BCUT2D eigenvalue weighted by atomic mass is 79.9. The molecule has 0 unspecified atom stereocenters. The number of pyridine rings is 1. The Bertz CT molecular complexity index is 529. The predicted molar refractivity (Wildman–Crippen MR) is 75.5 cm³/mol. The maximum Gasteiger partial charge on any atom is 0.125 e. The molecule has 0 aliphatic rings. The number of rotatable bonds is 2. The van der Waals surface area contributed by atoms with Crippen molar-refractivity contribution in [3.8, 4) is 0 Å². The van der Waals surface area contributed by atoms with Crippen molar-refractivity contribution in [3.63, 3.8) is 0 Å². The van der Waals surface area contributed by atoms with Gasteiger partial charge in [-0.25, -0.2) is 4.98 Å². The average molecular weight is 292 g/mol. The lowest BCUT2D eigenvalue weighted by Gasteiger charge is -2.13. The second-order valence-corrected chi connectivity index (χ2v) is 4.92. The van der Waals surface area contributed by atoms with Crippen molar-refractivity contribution >= 4 is 33.1 Å². The van der Waals surface area contributed by atoms with Crippen LogP contribution in [0.25, 0.3) is 0 Å². The third-order valence-corrected chi connectivity index (χ3v) is 3.01. The third kappa shape index (κ3) is 2.77. The van der Waals surface area contributed by atoms with Crippen molar-refractivity contribution < 1.29 is 0 Å². The van der Waals surface area contributed by atoms with E-state index in [1.165, 1.54) is 11.1 Å². The summed E-state index contributed by atoms with van der Waals surface area (Å²) in [6.07, 6.45) is 1.70. The van der Waals surface area contributed by atoms with Crippen molar-refractivity contribution in [3.05, 3.63) is 46.1 Å². The fourth-order valence-corrected chi connectivity index (χ4v) is 2.47. The summed E-state index contributed by atoms with van der Waals surface area (Å²) in [6.45, 7) is 4.15. The van der Waals surface area contributed by atoms with Gasteiger partial charge in [0.15, 0.2) is 0 Å². The molecule has 0 bridgehead atoms. The second-order valence-electron chi connectivity index (χ2n) is 4.01. The second kappa shape index (κ2) is 4.75. The van der Waals surface area contributed by atoms with Gasteiger partial charge in [-0.15, -0.1) is 0 Å². The highest BCUT2D eigenvalue weighted by molar-refractivity contribution is 9.10. The largest absolute Gasteiger partial charge is 0.384 e. The summed E-state index contributed by atoms with van der Waals surface area (Å²) in [5, 5.41) is 3.37. The fraction of sp³-hybridized carbons (Fsp3) is 0.154. The molecule has 0 aliphatic carbocycles. The molecule has 0 saturated heterocycles. The zero-order valence-corrected chi connectivity index (χ0v) is 11.4. The van der Waals surface area contributed by atoms with Crippen molar-refractivity contribution in [1.82, 2.24) is 4.98 Å². The maximum absolute atomic E-state index is 5.65. The summed E-state index contributed by atoms with van der Waals surface area (Å²) in [5.41, 5.74) is 10.1. The summed E-state index contributed by atoms with van der Waals surface area (Å²) >= 11 is 3.49. The molecule has 0 atom stereocenters. The van der Waals surface area contributed by atoms with Crippen LogP contribution >= 0.6 is 15.9 Å². The van der Waals surface area contributed by atoms with E-state index in [0.29, 0.717) is 5.82 Å². The minimum Gasteiger partial charge on any atom is -0.384 e. The molecule has 1 heterocycles. The highest BCUT2D eigenvalue weighted by Crippen LogP contribution is 2.28. The Morgan fingerprint density at radius 1 is 1.18 bits per heavy atom. The Balaban J connectivity index is 2.36. The number of nitrogens with zero attached hydrogens (tertiary/aromatic N) is 1. The standard InChI is InChI=1S/C13H14BrN3/c1-8-5-10(14)6-9(2)13(8)17-11-3-4-16-12(15)7-11/h3-7H,1-2H3,(H3,15,16,17). The van der Waals surface area contributed by atoms with Crippen LogP contribution in [-0.4, -0.2) is 4.98 Å². The predicted octanol–water partition coefficient (Wildman–Crippen LogP) is 3.79. The van der Waals surface area contributed by atoms with E-state index in [0.717, 1.165) is 15.8 Å². The van der Waals surface area contributed by atoms with Crippen LogP contribution in [0.2, 0.25) is 0 Å². The number of hydrogen-bond donors (Lipinski definition) is 2. The molecule has 2 rings (SSSR count). The summed E-state index contributed by atoms with van der Waals surface area (Å²) in [6, 6.07) is 7.89.